The lowest BCUT2D eigenvalue weighted by molar-refractivity contribution is 0.452. The molecule has 0 aromatic heterocycles. The van der Waals surface area contributed by atoms with E-state index in [4.69, 9.17) is 5.73 Å². The molecule has 1 aliphatic rings. The van der Waals surface area contributed by atoms with Crippen LogP contribution in [0.15, 0.2) is 0 Å². The first-order valence-electron chi connectivity index (χ1n) is 5.24. The van der Waals surface area contributed by atoms with Gasteiger partial charge in [0.15, 0.2) is 0 Å². The van der Waals surface area contributed by atoms with Crippen molar-refractivity contribution < 1.29 is 8.42 Å². The Morgan fingerprint density at radius 1 is 1.29 bits per heavy atom. The van der Waals surface area contributed by atoms with E-state index in [1.165, 1.54) is 4.31 Å². The maximum Gasteiger partial charge on any atom is 0.216 e. The summed E-state index contributed by atoms with van der Waals surface area (Å²) in [5.41, 5.74) is 5.36. The predicted molar refractivity (Wildman–Crippen MR) is 57.5 cm³/mol. The lowest BCUT2D eigenvalue weighted by Crippen LogP contribution is -2.30. The van der Waals surface area contributed by atoms with Crippen LogP contribution in [0.1, 0.15) is 32.1 Å². The van der Waals surface area contributed by atoms with Gasteiger partial charge in [-0.25, -0.2) is 12.7 Å². The van der Waals surface area contributed by atoms with E-state index in [9.17, 15) is 8.42 Å². The first-order chi connectivity index (χ1) is 6.59. The van der Waals surface area contributed by atoms with Crippen LogP contribution < -0.4 is 5.73 Å². The molecule has 0 aliphatic heterocycles. The quantitative estimate of drug-likeness (QED) is 0.637. The third-order valence-corrected chi connectivity index (χ3v) is 4.92. The average molecular weight is 220 g/mol. The zero-order chi connectivity index (χ0) is 10.6. The molecule has 2 N–H and O–H groups in total. The highest BCUT2D eigenvalue weighted by Crippen LogP contribution is 2.30. The minimum absolute atomic E-state index is 0.0815. The van der Waals surface area contributed by atoms with Crippen molar-refractivity contribution >= 4 is 10.0 Å². The van der Waals surface area contributed by atoms with Gasteiger partial charge in [0.05, 0.1) is 5.25 Å². The van der Waals surface area contributed by atoms with E-state index >= 15 is 0 Å². The highest BCUT2D eigenvalue weighted by molar-refractivity contribution is 7.90. The number of nitrogens with two attached hydrogens (primary N) is 1. The summed E-state index contributed by atoms with van der Waals surface area (Å²) in [5.74, 6) is 0. The molecule has 14 heavy (non-hydrogen) atoms. The second kappa shape index (κ2) is 5.09. The summed E-state index contributed by atoms with van der Waals surface area (Å²) in [7, 11) is -1.27. The van der Waals surface area contributed by atoms with Crippen molar-refractivity contribution in [2.24, 2.45) is 5.73 Å². The Morgan fingerprint density at radius 2 is 1.93 bits per heavy atom. The van der Waals surface area contributed by atoms with Gasteiger partial charge >= 0.3 is 0 Å². The Morgan fingerprint density at radius 3 is 2.43 bits per heavy atom. The summed E-state index contributed by atoms with van der Waals surface area (Å²) >= 11 is 0. The molecule has 0 radical (unpaired) electrons. The van der Waals surface area contributed by atoms with Gasteiger partial charge in [0.1, 0.15) is 0 Å². The Hall–Kier alpha value is -0.130. The Labute approximate surface area is 86.5 Å². The van der Waals surface area contributed by atoms with E-state index in [0.29, 0.717) is 13.1 Å². The van der Waals surface area contributed by atoms with Crippen LogP contribution in [0.2, 0.25) is 0 Å². The van der Waals surface area contributed by atoms with Crippen molar-refractivity contribution in [3.05, 3.63) is 0 Å². The number of nitrogens with zero attached hydrogens (tertiary/aromatic N) is 1. The van der Waals surface area contributed by atoms with E-state index in [0.717, 1.165) is 32.1 Å². The molecular weight excluding hydrogens is 200 g/mol. The number of sulfonamides is 1. The number of hydrogen-bond acceptors (Lipinski definition) is 3. The average Bonchev–Trinajstić information content (AvgIpc) is 2.94. The van der Waals surface area contributed by atoms with Crippen molar-refractivity contribution in [2.45, 2.75) is 37.4 Å². The van der Waals surface area contributed by atoms with Crippen molar-refractivity contribution in [1.29, 1.82) is 0 Å². The standard InChI is InChI=1S/C9H20N2O2S/c1-11(8-4-2-3-7-10)14(12,13)9-5-6-9/h9H,2-8,10H2,1H3. The van der Waals surface area contributed by atoms with E-state index in [1.807, 2.05) is 0 Å². The highest BCUT2D eigenvalue weighted by atomic mass is 32.2. The largest absolute Gasteiger partial charge is 0.330 e. The molecule has 0 spiro atoms. The summed E-state index contributed by atoms with van der Waals surface area (Å²) in [6, 6.07) is 0. The van der Waals surface area contributed by atoms with E-state index in [-0.39, 0.29) is 5.25 Å². The maximum atomic E-state index is 11.7. The Bertz CT molecular complexity index is 260. The van der Waals surface area contributed by atoms with Gasteiger partial charge in [0, 0.05) is 13.6 Å². The fourth-order valence-electron chi connectivity index (χ4n) is 1.40. The molecule has 84 valence electrons. The van der Waals surface area contributed by atoms with Gasteiger partial charge in [0.2, 0.25) is 10.0 Å². The highest BCUT2D eigenvalue weighted by Gasteiger charge is 2.38. The van der Waals surface area contributed by atoms with Crippen LogP contribution in [0.25, 0.3) is 0 Å². The molecule has 0 bridgehead atoms. The molecule has 0 saturated heterocycles. The molecule has 1 saturated carbocycles. The zero-order valence-corrected chi connectivity index (χ0v) is 9.59. The lowest BCUT2D eigenvalue weighted by atomic mass is 10.2. The number of rotatable bonds is 7. The molecular formula is C9H20N2O2S. The fraction of sp³-hybridized carbons (Fsp3) is 1.00. The van der Waals surface area contributed by atoms with Crippen LogP contribution >= 0.6 is 0 Å². The van der Waals surface area contributed by atoms with Gasteiger partial charge in [-0.05, 0) is 32.2 Å². The smallest absolute Gasteiger partial charge is 0.216 e. The van der Waals surface area contributed by atoms with E-state index in [1.54, 1.807) is 7.05 Å². The first kappa shape index (κ1) is 11.9. The molecule has 1 rings (SSSR count). The van der Waals surface area contributed by atoms with Crippen molar-refractivity contribution in [2.75, 3.05) is 20.1 Å². The topological polar surface area (TPSA) is 63.4 Å². The molecule has 0 atom stereocenters. The van der Waals surface area contributed by atoms with Gasteiger partial charge in [-0.3, -0.25) is 0 Å². The van der Waals surface area contributed by atoms with Gasteiger partial charge in [0.25, 0.3) is 0 Å². The van der Waals surface area contributed by atoms with Gasteiger partial charge < -0.3 is 5.73 Å². The lowest BCUT2D eigenvalue weighted by Gasteiger charge is -2.16. The van der Waals surface area contributed by atoms with Crippen molar-refractivity contribution in [3.63, 3.8) is 0 Å². The molecule has 0 amide bonds. The third kappa shape index (κ3) is 3.22. The van der Waals surface area contributed by atoms with Crippen LogP contribution in [-0.4, -0.2) is 38.1 Å². The van der Waals surface area contributed by atoms with Crippen molar-refractivity contribution in [1.82, 2.24) is 4.31 Å². The van der Waals surface area contributed by atoms with E-state index in [2.05, 4.69) is 0 Å². The second-order valence-electron chi connectivity index (χ2n) is 3.92. The zero-order valence-electron chi connectivity index (χ0n) is 8.78. The predicted octanol–water partition coefficient (Wildman–Crippen LogP) is 0.539. The molecule has 1 fully saturated rings. The van der Waals surface area contributed by atoms with Crippen molar-refractivity contribution in [3.8, 4) is 0 Å². The molecule has 0 aromatic rings. The summed E-state index contributed by atoms with van der Waals surface area (Å²) in [6.07, 6.45) is 4.60. The number of hydrogen-bond donors (Lipinski definition) is 1. The summed E-state index contributed by atoms with van der Waals surface area (Å²) in [4.78, 5) is 0. The monoisotopic (exact) mass is 220 g/mol. The minimum atomic E-state index is -2.95. The summed E-state index contributed by atoms with van der Waals surface area (Å²) in [6.45, 7) is 1.33. The van der Waals surface area contributed by atoms with E-state index < -0.39 is 10.0 Å². The van der Waals surface area contributed by atoms with Crippen LogP contribution in [0.3, 0.4) is 0 Å². The normalized spacial score (nSPS) is 17.6. The third-order valence-electron chi connectivity index (χ3n) is 2.56. The fourth-order valence-corrected chi connectivity index (χ4v) is 3.03. The molecule has 0 aromatic carbocycles. The van der Waals surface area contributed by atoms with Crippen LogP contribution in [0.5, 0.6) is 0 Å². The maximum absolute atomic E-state index is 11.7. The minimum Gasteiger partial charge on any atom is -0.330 e. The Balaban J connectivity index is 2.23. The molecule has 1 aliphatic carbocycles. The van der Waals surface area contributed by atoms with Crippen LogP contribution in [-0.2, 0) is 10.0 Å². The molecule has 4 nitrogen and oxygen atoms in total. The second-order valence-corrected chi connectivity index (χ2v) is 6.24. The molecule has 0 heterocycles. The first-order valence-corrected chi connectivity index (χ1v) is 6.74. The van der Waals surface area contributed by atoms with Crippen LogP contribution in [0.4, 0.5) is 0 Å². The van der Waals surface area contributed by atoms with Gasteiger partial charge in [-0.15, -0.1) is 0 Å². The summed E-state index contributed by atoms with van der Waals surface area (Å²) < 4.78 is 24.8. The van der Waals surface area contributed by atoms with Gasteiger partial charge in [-0.2, -0.15) is 0 Å². The Kier molecular flexibility index (Phi) is 4.34. The summed E-state index contributed by atoms with van der Waals surface area (Å²) in [5, 5.41) is -0.0815. The number of unbranched alkanes of at least 4 members (excludes halogenated alkanes) is 2. The molecule has 0 unspecified atom stereocenters. The molecule has 5 heteroatoms. The SMILES string of the molecule is CN(CCCCCN)S(=O)(=O)C1CC1. The van der Waals surface area contributed by atoms with Gasteiger partial charge in [-0.1, -0.05) is 6.42 Å². The van der Waals surface area contributed by atoms with Crippen LogP contribution in [0, 0.1) is 0 Å².